The maximum atomic E-state index is 12.3. The van der Waals surface area contributed by atoms with Gasteiger partial charge in [-0.25, -0.2) is 0 Å². The number of methoxy groups -OCH3 is 2. The summed E-state index contributed by atoms with van der Waals surface area (Å²) in [7, 11) is 5.26. The average Bonchev–Trinajstić information content (AvgIpc) is 2.58. The van der Waals surface area contributed by atoms with Gasteiger partial charge in [0, 0.05) is 17.3 Å². The Balaban J connectivity index is 1.99. The summed E-state index contributed by atoms with van der Waals surface area (Å²) in [6.07, 6.45) is 0. The molecule has 0 aliphatic rings. The van der Waals surface area contributed by atoms with Crippen molar-refractivity contribution in [3.63, 3.8) is 0 Å². The number of quaternary nitrogens is 1. The fraction of sp³-hybridized carbons (Fsp3) is 0.350. The molecule has 0 spiro atoms. The van der Waals surface area contributed by atoms with Crippen LogP contribution in [0.2, 0.25) is 0 Å². The number of anilines is 1. The van der Waals surface area contributed by atoms with Crippen LogP contribution >= 0.6 is 0 Å². The van der Waals surface area contributed by atoms with E-state index >= 15 is 0 Å². The molecule has 0 heterocycles. The number of ether oxygens (including phenoxy) is 2. The third-order valence-corrected chi connectivity index (χ3v) is 4.12. The molecule has 5 nitrogen and oxygen atoms in total. The van der Waals surface area contributed by atoms with E-state index in [1.807, 2.05) is 57.3 Å². The van der Waals surface area contributed by atoms with E-state index in [2.05, 4.69) is 5.32 Å². The standard InChI is InChI=1S/C20H26N2O3/c1-14-6-7-15(2)18(10-14)21-20(23)13-22(3)12-16-8-9-17(24-4)11-19(16)25-5/h6-11H,12-13H2,1-5H3,(H,21,23)/p+1. The third kappa shape index (κ3) is 5.22. The molecular weight excluding hydrogens is 316 g/mol. The van der Waals surface area contributed by atoms with Gasteiger partial charge in [-0.3, -0.25) is 4.79 Å². The van der Waals surface area contributed by atoms with Gasteiger partial charge in [-0.05, 0) is 43.2 Å². The number of nitrogens with one attached hydrogen (secondary N) is 2. The van der Waals surface area contributed by atoms with Gasteiger partial charge in [0.1, 0.15) is 18.0 Å². The van der Waals surface area contributed by atoms with Crippen LogP contribution in [0.5, 0.6) is 11.5 Å². The smallest absolute Gasteiger partial charge is 0.279 e. The van der Waals surface area contributed by atoms with E-state index < -0.39 is 0 Å². The van der Waals surface area contributed by atoms with Gasteiger partial charge in [-0.15, -0.1) is 0 Å². The lowest BCUT2D eigenvalue weighted by Gasteiger charge is -2.17. The topological polar surface area (TPSA) is 52.0 Å². The zero-order valence-corrected chi connectivity index (χ0v) is 15.6. The van der Waals surface area contributed by atoms with Gasteiger partial charge < -0.3 is 19.7 Å². The Labute approximate surface area is 149 Å². The van der Waals surface area contributed by atoms with Gasteiger partial charge in [-0.2, -0.15) is 0 Å². The zero-order chi connectivity index (χ0) is 18.4. The summed E-state index contributed by atoms with van der Waals surface area (Å²) < 4.78 is 10.6. The van der Waals surface area contributed by atoms with E-state index in [0.717, 1.165) is 38.8 Å². The minimum Gasteiger partial charge on any atom is -0.497 e. The first-order chi connectivity index (χ1) is 11.9. The fourth-order valence-corrected chi connectivity index (χ4v) is 2.72. The number of amides is 1. The Kier molecular flexibility index (Phi) is 6.42. The summed E-state index contributed by atoms with van der Waals surface area (Å²) in [6.45, 7) is 5.08. The van der Waals surface area contributed by atoms with Crippen molar-refractivity contribution < 1.29 is 19.2 Å². The predicted octanol–water partition coefficient (Wildman–Crippen LogP) is 1.97. The monoisotopic (exact) mass is 343 g/mol. The van der Waals surface area contributed by atoms with Gasteiger partial charge in [0.15, 0.2) is 6.54 Å². The highest BCUT2D eigenvalue weighted by atomic mass is 16.5. The molecule has 1 unspecified atom stereocenters. The summed E-state index contributed by atoms with van der Waals surface area (Å²) in [5, 5.41) is 3.00. The molecule has 0 aliphatic carbocycles. The number of hydrogen-bond donors (Lipinski definition) is 2. The van der Waals surface area contributed by atoms with Crippen LogP contribution in [0.4, 0.5) is 5.69 Å². The molecule has 2 N–H and O–H groups in total. The Morgan fingerprint density at radius 3 is 2.52 bits per heavy atom. The molecule has 0 aliphatic heterocycles. The van der Waals surface area contributed by atoms with Crippen LogP contribution in [0.1, 0.15) is 16.7 Å². The van der Waals surface area contributed by atoms with Crippen LogP contribution in [-0.2, 0) is 11.3 Å². The molecule has 0 fully saturated rings. The number of hydrogen-bond acceptors (Lipinski definition) is 3. The second-order valence-corrected chi connectivity index (χ2v) is 6.35. The first-order valence-corrected chi connectivity index (χ1v) is 8.32. The SMILES string of the molecule is COc1ccc(C[NH+](C)CC(=O)Nc2cc(C)ccc2C)c(OC)c1. The van der Waals surface area contributed by atoms with Crippen molar-refractivity contribution in [1.29, 1.82) is 0 Å². The molecule has 2 rings (SSSR count). The third-order valence-electron chi connectivity index (χ3n) is 4.12. The molecule has 0 bridgehead atoms. The molecule has 0 saturated heterocycles. The molecular formula is C20H27N2O3+. The highest BCUT2D eigenvalue weighted by molar-refractivity contribution is 5.92. The number of carbonyl (C=O) groups is 1. The molecule has 1 atom stereocenters. The van der Waals surface area contributed by atoms with Crippen molar-refractivity contribution in [3.8, 4) is 11.5 Å². The Morgan fingerprint density at radius 2 is 1.84 bits per heavy atom. The molecule has 2 aromatic carbocycles. The number of likely N-dealkylation sites (N-methyl/N-ethyl adjacent to an activating group) is 1. The van der Waals surface area contributed by atoms with Crippen LogP contribution in [-0.4, -0.2) is 33.7 Å². The second-order valence-electron chi connectivity index (χ2n) is 6.35. The Hall–Kier alpha value is -2.53. The summed E-state index contributed by atoms with van der Waals surface area (Å²) in [6, 6.07) is 11.8. The van der Waals surface area contributed by atoms with E-state index in [9.17, 15) is 4.79 Å². The highest BCUT2D eigenvalue weighted by Crippen LogP contribution is 2.23. The van der Waals surface area contributed by atoms with E-state index in [1.165, 1.54) is 0 Å². The molecule has 1 amide bonds. The average molecular weight is 343 g/mol. The maximum Gasteiger partial charge on any atom is 0.279 e. The van der Waals surface area contributed by atoms with Gasteiger partial charge >= 0.3 is 0 Å². The Bertz CT molecular complexity index is 744. The Morgan fingerprint density at radius 1 is 1.08 bits per heavy atom. The van der Waals surface area contributed by atoms with E-state index in [-0.39, 0.29) is 5.91 Å². The van der Waals surface area contributed by atoms with Crippen LogP contribution < -0.4 is 19.7 Å². The highest BCUT2D eigenvalue weighted by Gasteiger charge is 2.15. The van der Waals surface area contributed by atoms with Crippen LogP contribution in [0.15, 0.2) is 36.4 Å². The normalized spacial score (nSPS) is 11.7. The zero-order valence-electron chi connectivity index (χ0n) is 15.6. The first-order valence-electron chi connectivity index (χ1n) is 8.32. The fourth-order valence-electron chi connectivity index (χ4n) is 2.72. The minimum atomic E-state index is -0.00122. The second kappa shape index (κ2) is 8.53. The lowest BCUT2D eigenvalue weighted by Crippen LogP contribution is -3.08. The molecule has 0 saturated carbocycles. The number of carbonyl (C=O) groups excluding carboxylic acids is 1. The van der Waals surface area contributed by atoms with Crippen LogP contribution in [0.25, 0.3) is 0 Å². The van der Waals surface area contributed by atoms with Gasteiger partial charge in [0.25, 0.3) is 5.91 Å². The summed E-state index contributed by atoms with van der Waals surface area (Å²) in [5.74, 6) is 1.53. The minimum absolute atomic E-state index is 0.00122. The van der Waals surface area contributed by atoms with Crippen molar-refractivity contribution in [2.75, 3.05) is 33.1 Å². The molecule has 2 aromatic rings. The summed E-state index contributed by atoms with van der Waals surface area (Å²) in [4.78, 5) is 13.4. The van der Waals surface area contributed by atoms with Crippen molar-refractivity contribution in [2.24, 2.45) is 0 Å². The number of rotatable bonds is 7. The molecule has 0 radical (unpaired) electrons. The maximum absolute atomic E-state index is 12.3. The van der Waals surface area contributed by atoms with Crippen LogP contribution in [0.3, 0.4) is 0 Å². The van der Waals surface area contributed by atoms with Gasteiger partial charge in [0.2, 0.25) is 0 Å². The van der Waals surface area contributed by atoms with Gasteiger partial charge in [0.05, 0.1) is 21.3 Å². The van der Waals surface area contributed by atoms with E-state index in [4.69, 9.17) is 9.47 Å². The van der Waals surface area contributed by atoms with E-state index in [0.29, 0.717) is 13.1 Å². The predicted molar refractivity (Wildman–Crippen MR) is 99.5 cm³/mol. The summed E-state index contributed by atoms with van der Waals surface area (Å²) in [5.41, 5.74) is 4.11. The molecule has 0 aromatic heterocycles. The molecule has 25 heavy (non-hydrogen) atoms. The molecule has 5 heteroatoms. The van der Waals surface area contributed by atoms with Crippen LogP contribution in [0, 0.1) is 13.8 Å². The van der Waals surface area contributed by atoms with Gasteiger partial charge in [-0.1, -0.05) is 12.1 Å². The van der Waals surface area contributed by atoms with Crippen molar-refractivity contribution in [1.82, 2.24) is 0 Å². The lowest BCUT2D eigenvalue weighted by atomic mass is 10.1. The number of benzene rings is 2. The van der Waals surface area contributed by atoms with E-state index in [1.54, 1.807) is 14.2 Å². The van der Waals surface area contributed by atoms with Crippen molar-refractivity contribution in [3.05, 3.63) is 53.1 Å². The first kappa shape index (κ1) is 18.8. The largest absolute Gasteiger partial charge is 0.497 e. The number of aryl methyl sites for hydroxylation is 2. The van der Waals surface area contributed by atoms with Crippen molar-refractivity contribution >= 4 is 11.6 Å². The summed E-state index contributed by atoms with van der Waals surface area (Å²) >= 11 is 0. The van der Waals surface area contributed by atoms with Crippen molar-refractivity contribution in [2.45, 2.75) is 20.4 Å². The lowest BCUT2D eigenvalue weighted by molar-refractivity contribution is -0.885. The quantitative estimate of drug-likeness (QED) is 0.808. The molecule has 134 valence electrons.